The largest absolute Gasteiger partial charge is 0.292 e. The Kier molecular flexibility index (Phi) is 2.86. The number of aromatic nitrogens is 2. The van der Waals surface area contributed by atoms with Crippen molar-refractivity contribution in [2.45, 2.75) is 33.7 Å². The second kappa shape index (κ2) is 3.73. The van der Waals surface area contributed by atoms with Crippen LogP contribution in [0.4, 0.5) is 0 Å². The SMILES string of the molecule is CC(C)C(=O)c1ccn(C(C)C)n1. The Hall–Kier alpha value is -1.12. The first kappa shape index (κ1) is 9.96. The summed E-state index contributed by atoms with van der Waals surface area (Å²) >= 11 is 0. The van der Waals surface area contributed by atoms with Crippen molar-refractivity contribution in [3.05, 3.63) is 18.0 Å². The molecule has 13 heavy (non-hydrogen) atoms. The minimum absolute atomic E-state index is 0.0236. The van der Waals surface area contributed by atoms with Gasteiger partial charge in [-0.25, -0.2) is 0 Å². The van der Waals surface area contributed by atoms with Crippen molar-refractivity contribution in [1.82, 2.24) is 9.78 Å². The van der Waals surface area contributed by atoms with Crippen LogP contribution in [-0.2, 0) is 0 Å². The third-order valence-corrected chi connectivity index (χ3v) is 1.91. The highest BCUT2D eigenvalue weighted by Crippen LogP contribution is 2.08. The molecule has 0 atom stereocenters. The standard InChI is InChI=1S/C10H16N2O/c1-7(2)10(13)9-5-6-12(11-9)8(3)4/h5-8H,1-4H3. The van der Waals surface area contributed by atoms with Gasteiger partial charge in [0.15, 0.2) is 5.78 Å². The Balaban J connectivity index is 2.86. The summed E-state index contributed by atoms with van der Waals surface area (Å²) < 4.78 is 1.80. The molecule has 3 heteroatoms. The molecule has 0 amide bonds. The quantitative estimate of drug-likeness (QED) is 0.669. The zero-order chi connectivity index (χ0) is 10.0. The number of carbonyl (C=O) groups excluding carboxylic acids is 1. The van der Waals surface area contributed by atoms with Gasteiger partial charge in [-0.3, -0.25) is 9.48 Å². The summed E-state index contributed by atoms with van der Waals surface area (Å²) in [5, 5.41) is 4.20. The molecule has 0 spiro atoms. The van der Waals surface area contributed by atoms with Gasteiger partial charge in [-0.2, -0.15) is 5.10 Å². The van der Waals surface area contributed by atoms with Crippen LogP contribution in [0.5, 0.6) is 0 Å². The van der Waals surface area contributed by atoms with Crippen LogP contribution < -0.4 is 0 Å². The van der Waals surface area contributed by atoms with E-state index in [2.05, 4.69) is 5.10 Å². The maximum atomic E-state index is 11.5. The molecule has 0 N–H and O–H groups in total. The van der Waals surface area contributed by atoms with E-state index in [4.69, 9.17) is 0 Å². The van der Waals surface area contributed by atoms with Crippen molar-refractivity contribution in [3.8, 4) is 0 Å². The third-order valence-electron chi connectivity index (χ3n) is 1.91. The molecule has 1 rings (SSSR count). The molecule has 0 aliphatic heterocycles. The van der Waals surface area contributed by atoms with Crippen LogP contribution >= 0.6 is 0 Å². The highest BCUT2D eigenvalue weighted by Gasteiger charge is 2.13. The van der Waals surface area contributed by atoms with Gasteiger partial charge in [0.2, 0.25) is 0 Å². The Morgan fingerprint density at radius 1 is 1.38 bits per heavy atom. The molecule has 0 saturated heterocycles. The Bertz CT molecular complexity index is 300. The molecule has 1 heterocycles. The molecular weight excluding hydrogens is 164 g/mol. The van der Waals surface area contributed by atoms with Gasteiger partial charge in [-0.15, -0.1) is 0 Å². The topological polar surface area (TPSA) is 34.9 Å². The molecule has 1 aromatic rings. The zero-order valence-corrected chi connectivity index (χ0v) is 8.61. The fourth-order valence-electron chi connectivity index (χ4n) is 1.05. The number of rotatable bonds is 3. The predicted octanol–water partition coefficient (Wildman–Crippen LogP) is 2.30. The van der Waals surface area contributed by atoms with E-state index in [0.717, 1.165) is 0 Å². The van der Waals surface area contributed by atoms with Crippen molar-refractivity contribution in [3.63, 3.8) is 0 Å². The first-order valence-electron chi connectivity index (χ1n) is 4.61. The van der Waals surface area contributed by atoms with Crippen LogP contribution in [0.1, 0.15) is 44.2 Å². The van der Waals surface area contributed by atoms with Gasteiger partial charge in [-0.05, 0) is 19.9 Å². The van der Waals surface area contributed by atoms with Crippen molar-refractivity contribution in [1.29, 1.82) is 0 Å². The summed E-state index contributed by atoms with van der Waals surface area (Å²) in [5.74, 6) is 0.134. The molecule has 0 unspecified atom stereocenters. The molecule has 0 saturated carbocycles. The molecule has 0 aromatic carbocycles. The first-order valence-corrected chi connectivity index (χ1v) is 4.61. The molecule has 0 aliphatic carbocycles. The Labute approximate surface area is 78.8 Å². The lowest BCUT2D eigenvalue weighted by Gasteiger charge is -2.04. The zero-order valence-electron chi connectivity index (χ0n) is 8.61. The molecule has 1 aromatic heterocycles. The smallest absolute Gasteiger partial charge is 0.185 e. The number of carbonyl (C=O) groups is 1. The lowest BCUT2D eigenvalue weighted by molar-refractivity contribution is 0.0933. The van der Waals surface area contributed by atoms with E-state index < -0.39 is 0 Å². The van der Waals surface area contributed by atoms with Crippen LogP contribution in [0.25, 0.3) is 0 Å². The number of hydrogen-bond acceptors (Lipinski definition) is 2. The maximum Gasteiger partial charge on any atom is 0.185 e. The number of hydrogen-bond donors (Lipinski definition) is 0. The van der Waals surface area contributed by atoms with Gasteiger partial charge in [0.25, 0.3) is 0 Å². The van der Waals surface area contributed by atoms with E-state index in [1.807, 2.05) is 33.9 Å². The molecule has 72 valence electrons. The van der Waals surface area contributed by atoms with Crippen LogP contribution in [0.2, 0.25) is 0 Å². The van der Waals surface area contributed by atoms with Crippen LogP contribution in [-0.4, -0.2) is 15.6 Å². The average molecular weight is 180 g/mol. The van der Waals surface area contributed by atoms with E-state index in [-0.39, 0.29) is 11.7 Å². The molecule has 0 aliphatic rings. The predicted molar refractivity (Wildman–Crippen MR) is 51.8 cm³/mol. The van der Waals surface area contributed by atoms with E-state index in [0.29, 0.717) is 11.7 Å². The van der Waals surface area contributed by atoms with Gasteiger partial charge in [0.05, 0.1) is 0 Å². The summed E-state index contributed by atoms with van der Waals surface area (Å²) in [4.78, 5) is 11.5. The average Bonchev–Trinajstić information content (AvgIpc) is 2.50. The maximum absolute atomic E-state index is 11.5. The third kappa shape index (κ3) is 2.17. The summed E-state index contributed by atoms with van der Waals surface area (Å²) in [5.41, 5.74) is 0.573. The highest BCUT2D eigenvalue weighted by molar-refractivity contribution is 5.95. The summed E-state index contributed by atoms with van der Waals surface area (Å²) in [6.07, 6.45) is 1.85. The molecule has 3 nitrogen and oxygen atoms in total. The Morgan fingerprint density at radius 3 is 2.38 bits per heavy atom. The highest BCUT2D eigenvalue weighted by atomic mass is 16.1. The van der Waals surface area contributed by atoms with Crippen molar-refractivity contribution in [2.75, 3.05) is 0 Å². The van der Waals surface area contributed by atoms with E-state index >= 15 is 0 Å². The van der Waals surface area contributed by atoms with Gasteiger partial charge < -0.3 is 0 Å². The number of ketones is 1. The summed E-state index contributed by atoms with van der Waals surface area (Å²) in [6, 6.07) is 2.09. The fourth-order valence-corrected chi connectivity index (χ4v) is 1.05. The molecule has 0 fully saturated rings. The lowest BCUT2D eigenvalue weighted by atomic mass is 10.1. The summed E-state index contributed by atoms with van der Waals surface area (Å²) in [6.45, 7) is 7.85. The second-order valence-corrected chi connectivity index (χ2v) is 3.79. The molecule has 0 radical (unpaired) electrons. The monoisotopic (exact) mass is 180 g/mol. The van der Waals surface area contributed by atoms with Gasteiger partial charge >= 0.3 is 0 Å². The number of nitrogens with zero attached hydrogens (tertiary/aromatic N) is 2. The van der Waals surface area contributed by atoms with Crippen molar-refractivity contribution < 1.29 is 4.79 Å². The van der Waals surface area contributed by atoms with Gasteiger partial charge in [-0.1, -0.05) is 13.8 Å². The van der Waals surface area contributed by atoms with Crippen molar-refractivity contribution >= 4 is 5.78 Å². The minimum Gasteiger partial charge on any atom is -0.292 e. The second-order valence-electron chi connectivity index (χ2n) is 3.79. The van der Waals surface area contributed by atoms with Crippen molar-refractivity contribution in [2.24, 2.45) is 5.92 Å². The molecule has 0 bridgehead atoms. The van der Waals surface area contributed by atoms with Gasteiger partial charge in [0, 0.05) is 18.2 Å². The first-order chi connectivity index (χ1) is 6.02. The fraction of sp³-hybridized carbons (Fsp3) is 0.600. The Morgan fingerprint density at radius 2 is 2.00 bits per heavy atom. The van der Waals surface area contributed by atoms with E-state index in [1.54, 1.807) is 10.7 Å². The van der Waals surface area contributed by atoms with Crippen LogP contribution in [0, 0.1) is 5.92 Å². The summed E-state index contributed by atoms with van der Waals surface area (Å²) in [7, 11) is 0. The van der Waals surface area contributed by atoms with Gasteiger partial charge in [0.1, 0.15) is 5.69 Å². The lowest BCUT2D eigenvalue weighted by Crippen LogP contribution is -2.10. The molecular formula is C10H16N2O. The van der Waals surface area contributed by atoms with Crippen LogP contribution in [0.3, 0.4) is 0 Å². The minimum atomic E-state index is 0.0236. The van der Waals surface area contributed by atoms with Crippen LogP contribution in [0.15, 0.2) is 12.3 Å². The normalized spacial score (nSPS) is 11.2. The number of Topliss-reactive ketones (excluding diaryl/α,β-unsaturated/α-hetero) is 1. The van der Waals surface area contributed by atoms with E-state index in [1.165, 1.54) is 0 Å². The van der Waals surface area contributed by atoms with E-state index in [9.17, 15) is 4.79 Å².